The quantitative estimate of drug-likeness (QED) is 0.789. The summed E-state index contributed by atoms with van der Waals surface area (Å²) in [7, 11) is 0. The molecule has 2 bridgehead atoms. The van der Waals surface area contributed by atoms with E-state index in [2.05, 4.69) is 36.0 Å². The monoisotopic (exact) mass is 370 g/mol. The van der Waals surface area contributed by atoms with Gasteiger partial charge in [-0.05, 0) is 63.9 Å². The lowest BCUT2D eigenvalue weighted by atomic mass is 9.77. The molecular weight excluding hydrogens is 336 g/mol. The number of Topliss-reactive ketones (excluding diaryl/α,β-unsaturated/α-hetero) is 1. The van der Waals surface area contributed by atoms with Crippen molar-refractivity contribution in [3.05, 3.63) is 18.0 Å². The molecule has 1 aliphatic carbocycles. The number of anilines is 1. The summed E-state index contributed by atoms with van der Waals surface area (Å²) in [5.41, 5.74) is 1.26. The molecule has 3 aliphatic rings. The standard InChI is InChI=1S/C22H34N4O/c1-4-21(27)17-7-5-16(6-8-17)18-11-23-22(24-12-18)26-19-9-10-20(26)14-25(13-19)15(2)3/h11-12,15-17,19-20H,4-10,13-14H2,1-3H3. The lowest BCUT2D eigenvalue weighted by Gasteiger charge is -2.42. The van der Waals surface area contributed by atoms with Gasteiger partial charge < -0.3 is 4.90 Å². The summed E-state index contributed by atoms with van der Waals surface area (Å²) in [5.74, 6) is 2.18. The Balaban J connectivity index is 1.40. The van der Waals surface area contributed by atoms with Crippen molar-refractivity contribution in [2.75, 3.05) is 18.0 Å². The van der Waals surface area contributed by atoms with Crippen LogP contribution in [0.4, 0.5) is 5.95 Å². The molecule has 1 saturated carbocycles. The van der Waals surface area contributed by atoms with Gasteiger partial charge in [-0.25, -0.2) is 9.97 Å². The average molecular weight is 371 g/mol. The fourth-order valence-corrected chi connectivity index (χ4v) is 5.40. The zero-order valence-electron chi connectivity index (χ0n) is 17.1. The van der Waals surface area contributed by atoms with E-state index >= 15 is 0 Å². The first-order valence-corrected chi connectivity index (χ1v) is 10.9. The lowest BCUT2D eigenvalue weighted by molar-refractivity contribution is -0.123. The Morgan fingerprint density at radius 2 is 1.63 bits per heavy atom. The SMILES string of the molecule is CCC(=O)C1CCC(c2cnc(N3C4CCC3CN(C(C)C)C4)nc2)CC1. The van der Waals surface area contributed by atoms with Crippen LogP contribution in [0, 0.1) is 5.92 Å². The maximum absolute atomic E-state index is 11.9. The summed E-state index contributed by atoms with van der Waals surface area (Å²) in [4.78, 5) is 26.6. The third kappa shape index (κ3) is 3.75. The van der Waals surface area contributed by atoms with Crippen LogP contribution in [0.25, 0.3) is 0 Å². The van der Waals surface area contributed by atoms with Crippen molar-refractivity contribution in [3.8, 4) is 0 Å². The number of carbonyl (C=O) groups is 1. The molecule has 27 heavy (non-hydrogen) atoms. The lowest BCUT2D eigenvalue weighted by Crippen LogP contribution is -2.56. The number of hydrogen-bond acceptors (Lipinski definition) is 5. The van der Waals surface area contributed by atoms with Gasteiger partial charge in [-0.1, -0.05) is 6.92 Å². The summed E-state index contributed by atoms with van der Waals surface area (Å²) < 4.78 is 0. The van der Waals surface area contributed by atoms with Crippen molar-refractivity contribution >= 4 is 11.7 Å². The van der Waals surface area contributed by atoms with E-state index in [0.717, 1.165) is 44.7 Å². The first-order valence-electron chi connectivity index (χ1n) is 10.9. The van der Waals surface area contributed by atoms with Gasteiger partial charge in [0.2, 0.25) is 5.95 Å². The van der Waals surface area contributed by atoms with E-state index in [1.54, 1.807) is 0 Å². The molecule has 1 aromatic heterocycles. The van der Waals surface area contributed by atoms with Gasteiger partial charge in [0.05, 0.1) is 0 Å². The molecule has 0 spiro atoms. The van der Waals surface area contributed by atoms with Crippen molar-refractivity contribution in [2.24, 2.45) is 5.92 Å². The fraction of sp³-hybridized carbons (Fsp3) is 0.773. The first-order chi connectivity index (χ1) is 13.1. The smallest absolute Gasteiger partial charge is 0.225 e. The summed E-state index contributed by atoms with van der Waals surface area (Å²) in [6, 6.07) is 1.74. The number of rotatable bonds is 5. The van der Waals surface area contributed by atoms with Crippen LogP contribution in [-0.4, -0.2) is 51.9 Å². The third-order valence-corrected chi connectivity index (χ3v) is 7.13. The number of likely N-dealkylation sites (tertiary alicyclic amines) is 1. The third-order valence-electron chi connectivity index (χ3n) is 7.13. The van der Waals surface area contributed by atoms with E-state index in [1.807, 2.05) is 6.92 Å². The Hall–Kier alpha value is -1.49. The molecule has 3 heterocycles. The summed E-state index contributed by atoms with van der Waals surface area (Å²) >= 11 is 0. The minimum atomic E-state index is 0.291. The molecule has 0 N–H and O–H groups in total. The van der Waals surface area contributed by atoms with Crippen LogP contribution in [0.1, 0.15) is 77.2 Å². The summed E-state index contributed by atoms with van der Waals surface area (Å²) in [5, 5.41) is 0. The molecule has 0 aromatic carbocycles. The maximum Gasteiger partial charge on any atom is 0.225 e. The summed E-state index contributed by atoms with van der Waals surface area (Å²) in [6.07, 6.45) is 11.6. The van der Waals surface area contributed by atoms with E-state index in [0.29, 0.717) is 42.2 Å². The molecule has 4 rings (SSSR count). The van der Waals surface area contributed by atoms with Gasteiger partial charge in [0.25, 0.3) is 0 Å². The molecule has 2 aliphatic heterocycles. The topological polar surface area (TPSA) is 49.3 Å². The van der Waals surface area contributed by atoms with Gasteiger partial charge in [0, 0.05) is 55.9 Å². The second-order valence-corrected chi connectivity index (χ2v) is 9.02. The second-order valence-electron chi connectivity index (χ2n) is 9.02. The van der Waals surface area contributed by atoms with Crippen molar-refractivity contribution in [3.63, 3.8) is 0 Å². The van der Waals surface area contributed by atoms with Gasteiger partial charge >= 0.3 is 0 Å². The van der Waals surface area contributed by atoms with Crippen molar-refractivity contribution in [2.45, 2.75) is 89.8 Å². The van der Waals surface area contributed by atoms with Gasteiger partial charge in [0.1, 0.15) is 5.78 Å². The predicted molar refractivity (Wildman–Crippen MR) is 108 cm³/mol. The highest BCUT2D eigenvalue weighted by molar-refractivity contribution is 5.80. The molecule has 0 amide bonds. The molecule has 0 radical (unpaired) electrons. The largest absolute Gasteiger partial charge is 0.332 e. The van der Waals surface area contributed by atoms with E-state index in [-0.39, 0.29) is 0 Å². The highest BCUT2D eigenvalue weighted by Gasteiger charge is 2.41. The predicted octanol–water partition coefficient (Wildman–Crippen LogP) is 3.79. The van der Waals surface area contributed by atoms with Crippen LogP contribution in [0.2, 0.25) is 0 Å². The van der Waals surface area contributed by atoms with Crippen LogP contribution in [-0.2, 0) is 4.79 Å². The van der Waals surface area contributed by atoms with Crippen LogP contribution < -0.4 is 4.90 Å². The molecule has 5 heteroatoms. The number of carbonyl (C=O) groups excluding carboxylic acids is 1. The van der Waals surface area contributed by atoms with Crippen molar-refractivity contribution < 1.29 is 4.79 Å². The number of fused-ring (bicyclic) bond motifs is 2. The minimum Gasteiger partial charge on any atom is -0.332 e. The van der Waals surface area contributed by atoms with Crippen LogP contribution in [0.15, 0.2) is 12.4 Å². The number of aromatic nitrogens is 2. The van der Waals surface area contributed by atoms with Crippen molar-refractivity contribution in [1.82, 2.24) is 14.9 Å². The molecule has 2 saturated heterocycles. The molecule has 1 aromatic rings. The molecule has 2 unspecified atom stereocenters. The highest BCUT2D eigenvalue weighted by Crippen LogP contribution is 2.37. The maximum atomic E-state index is 11.9. The molecular formula is C22H34N4O. The Morgan fingerprint density at radius 3 is 2.15 bits per heavy atom. The van der Waals surface area contributed by atoms with E-state index < -0.39 is 0 Å². The normalized spacial score (nSPS) is 31.5. The number of hydrogen-bond donors (Lipinski definition) is 0. The molecule has 2 atom stereocenters. The Kier molecular flexibility index (Phi) is 5.49. The number of nitrogens with zero attached hydrogens (tertiary/aromatic N) is 4. The van der Waals surface area contributed by atoms with E-state index in [9.17, 15) is 4.79 Å². The van der Waals surface area contributed by atoms with Crippen LogP contribution >= 0.6 is 0 Å². The first kappa shape index (κ1) is 18.9. The highest BCUT2D eigenvalue weighted by atomic mass is 16.1. The second kappa shape index (κ2) is 7.86. The van der Waals surface area contributed by atoms with E-state index in [1.165, 1.54) is 18.4 Å². The minimum absolute atomic E-state index is 0.291. The van der Waals surface area contributed by atoms with E-state index in [4.69, 9.17) is 9.97 Å². The van der Waals surface area contributed by atoms with Crippen LogP contribution in [0.5, 0.6) is 0 Å². The van der Waals surface area contributed by atoms with Crippen LogP contribution in [0.3, 0.4) is 0 Å². The van der Waals surface area contributed by atoms with Gasteiger partial charge in [-0.2, -0.15) is 0 Å². The Bertz CT molecular complexity index is 637. The number of ketones is 1. The zero-order chi connectivity index (χ0) is 19.0. The van der Waals surface area contributed by atoms with Crippen molar-refractivity contribution in [1.29, 1.82) is 0 Å². The Labute approximate surface area is 163 Å². The zero-order valence-corrected chi connectivity index (χ0v) is 17.1. The fourth-order valence-electron chi connectivity index (χ4n) is 5.40. The average Bonchev–Trinajstić information content (AvgIpc) is 2.96. The van der Waals surface area contributed by atoms with Gasteiger partial charge in [0.15, 0.2) is 0 Å². The summed E-state index contributed by atoms with van der Waals surface area (Å²) in [6.45, 7) is 8.84. The van der Waals surface area contributed by atoms with Gasteiger partial charge in [-0.15, -0.1) is 0 Å². The molecule has 148 valence electrons. The molecule has 5 nitrogen and oxygen atoms in total. The molecule has 3 fully saturated rings. The van der Waals surface area contributed by atoms with Gasteiger partial charge in [-0.3, -0.25) is 9.69 Å². The Morgan fingerprint density at radius 1 is 1.04 bits per heavy atom. The number of piperazine rings is 1.